The summed E-state index contributed by atoms with van der Waals surface area (Å²) >= 11 is 0. The molecule has 1 saturated heterocycles. The van der Waals surface area contributed by atoms with Gasteiger partial charge in [0.2, 0.25) is 0 Å². The first kappa shape index (κ1) is 13.6. The van der Waals surface area contributed by atoms with Crippen molar-refractivity contribution in [2.24, 2.45) is 0 Å². The highest BCUT2D eigenvalue weighted by molar-refractivity contribution is 5.74. The summed E-state index contributed by atoms with van der Waals surface area (Å²) in [4.78, 5) is 11.6. The highest BCUT2D eigenvalue weighted by Crippen LogP contribution is 2.17. The van der Waals surface area contributed by atoms with Gasteiger partial charge in [0.25, 0.3) is 0 Å². The topological polar surface area (TPSA) is 59.6 Å². The van der Waals surface area contributed by atoms with Crippen LogP contribution in [0.3, 0.4) is 0 Å². The number of nitrogens with one attached hydrogen (secondary N) is 2. The molecule has 0 aromatic rings. The Morgan fingerprint density at radius 3 is 2.50 bits per heavy atom. The van der Waals surface area contributed by atoms with E-state index >= 15 is 0 Å². The second-order valence-electron chi connectivity index (χ2n) is 5.05. The molecule has 0 aromatic carbocycles. The Hall–Kier alpha value is -0.810. The highest BCUT2D eigenvalue weighted by Gasteiger charge is 2.16. The molecule has 2 amide bonds. The number of amides is 2. The molecule has 5 heteroatoms. The van der Waals surface area contributed by atoms with Gasteiger partial charge in [0, 0.05) is 19.0 Å². The summed E-state index contributed by atoms with van der Waals surface area (Å²) in [6, 6.07) is 0.304. The SMILES string of the molecule is O=C(NCCC1OCCCO1)NC1CCCCC1. The molecule has 18 heavy (non-hydrogen) atoms. The molecule has 5 nitrogen and oxygen atoms in total. The second-order valence-corrected chi connectivity index (χ2v) is 5.05. The Morgan fingerprint density at radius 2 is 1.78 bits per heavy atom. The first-order chi connectivity index (χ1) is 8.84. The molecule has 0 spiro atoms. The van der Waals surface area contributed by atoms with Crippen LogP contribution in [0.15, 0.2) is 0 Å². The second kappa shape index (κ2) is 7.59. The van der Waals surface area contributed by atoms with Crippen LogP contribution in [0.1, 0.15) is 44.9 Å². The fraction of sp³-hybridized carbons (Fsp3) is 0.923. The average Bonchev–Trinajstić information content (AvgIpc) is 2.41. The standard InChI is InChI=1S/C13H24N2O3/c16-13(15-11-5-2-1-3-6-11)14-8-7-12-17-9-4-10-18-12/h11-12H,1-10H2,(H2,14,15,16). The van der Waals surface area contributed by atoms with Crippen molar-refractivity contribution in [2.45, 2.75) is 57.3 Å². The van der Waals surface area contributed by atoms with E-state index in [9.17, 15) is 4.79 Å². The molecule has 1 heterocycles. The molecule has 1 aliphatic carbocycles. The molecular weight excluding hydrogens is 232 g/mol. The van der Waals surface area contributed by atoms with Crippen LogP contribution in [0.2, 0.25) is 0 Å². The maximum Gasteiger partial charge on any atom is 0.315 e. The van der Waals surface area contributed by atoms with E-state index in [1.807, 2.05) is 0 Å². The molecule has 1 aliphatic heterocycles. The third-order valence-electron chi connectivity index (χ3n) is 3.50. The third kappa shape index (κ3) is 4.82. The maximum absolute atomic E-state index is 11.6. The minimum Gasteiger partial charge on any atom is -0.353 e. The number of hydrogen-bond donors (Lipinski definition) is 2. The lowest BCUT2D eigenvalue weighted by atomic mass is 9.96. The molecule has 0 radical (unpaired) electrons. The van der Waals surface area contributed by atoms with Crippen molar-refractivity contribution < 1.29 is 14.3 Å². The summed E-state index contributed by atoms with van der Waals surface area (Å²) in [5.41, 5.74) is 0. The van der Waals surface area contributed by atoms with Crippen LogP contribution in [-0.2, 0) is 9.47 Å². The average molecular weight is 256 g/mol. The van der Waals surface area contributed by atoms with Crippen LogP contribution in [0.5, 0.6) is 0 Å². The van der Waals surface area contributed by atoms with Gasteiger partial charge in [-0.1, -0.05) is 19.3 Å². The highest BCUT2D eigenvalue weighted by atomic mass is 16.7. The molecule has 1 saturated carbocycles. The van der Waals surface area contributed by atoms with E-state index in [0.717, 1.165) is 38.9 Å². The molecular formula is C13H24N2O3. The van der Waals surface area contributed by atoms with Gasteiger partial charge in [-0.2, -0.15) is 0 Å². The van der Waals surface area contributed by atoms with Crippen LogP contribution in [0.4, 0.5) is 4.79 Å². The van der Waals surface area contributed by atoms with Gasteiger partial charge in [-0.05, 0) is 19.3 Å². The predicted octanol–water partition coefficient (Wildman–Crippen LogP) is 1.77. The summed E-state index contributed by atoms with van der Waals surface area (Å²) in [6.45, 7) is 2.13. The summed E-state index contributed by atoms with van der Waals surface area (Å²) < 4.78 is 10.8. The molecule has 2 fully saturated rings. The molecule has 0 bridgehead atoms. The first-order valence-electron chi connectivity index (χ1n) is 7.12. The lowest BCUT2D eigenvalue weighted by Gasteiger charge is -2.24. The van der Waals surface area contributed by atoms with Crippen molar-refractivity contribution in [3.05, 3.63) is 0 Å². The Bertz CT molecular complexity index is 249. The molecule has 0 unspecified atom stereocenters. The monoisotopic (exact) mass is 256 g/mol. The van der Waals surface area contributed by atoms with E-state index in [1.165, 1.54) is 19.3 Å². The number of rotatable bonds is 4. The summed E-state index contributed by atoms with van der Waals surface area (Å²) in [7, 11) is 0. The Labute approximate surface area is 109 Å². The largest absolute Gasteiger partial charge is 0.353 e. The van der Waals surface area contributed by atoms with E-state index in [1.54, 1.807) is 0 Å². The van der Waals surface area contributed by atoms with Crippen molar-refractivity contribution in [3.63, 3.8) is 0 Å². The molecule has 2 aliphatic rings. The van der Waals surface area contributed by atoms with Crippen LogP contribution in [0, 0.1) is 0 Å². The van der Waals surface area contributed by atoms with Crippen molar-refractivity contribution >= 4 is 6.03 Å². The number of carbonyl (C=O) groups excluding carboxylic acids is 1. The quantitative estimate of drug-likeness (QED) is 0.806. The zero-order chi connectivity index (χ0) is 12.6. The Balaban J connectivity index is 1.53. The summed E-state index contributed by atoms with van der Waals surface area (Å²) in [6.07, 6.45) is 7.53. The third-order valence-corrected chi connectivity index (χ3v) is 3.50. The van der Waals surface area contributed by atoms with Gasteiger partial charge in [0.1, 0.15) is 0 Å². The van der Waals surface area contributed by atoms with Gasteiger partial charge in [-0.3, -0.25) is 0 Å². The van der Waals surface area contributed by atoms with E-state index < -0.39 is 0 Å². The van der Waals surface area contributed by atoms with Gasteiger partial charge in [0.15, 0.2) is 6.29 Å². The van der Waals surface area contributed by atoms with Crippen molar-refractivity contribution in [1.82, 2.24) is 10.6 Å². The van der Waals surface area contributed by atoms with Gasteiger partial charge in [0.05, 0.1) is 13.2 Å². The molecule has 0 aromatic heterocycles. The zero-order valence-electron chi connectivity index (χ0n) is 11.0. The van der Waals surface area contributed by atoms with Crippen LogP contribution in [-0.4, -0.2) is 38.1 Å². The van der Waals surface area contributed by atoms with Crippen LogP contribution >= 0.6 is 0 Å². The molecule has 2 N–H and O–H groups in total. The lowest BCUT2D eigenvalue weighted by molar-refractivity contribution is -0.180. The predicted molar refractivity (Wildman–Crippen MR) is 68.3 cm³/mol. The maximum atomic E-state index is 11.6. The smallest absolute Gasteiger partial charge is 0.315 e. The van der Waals surface area contributed by atoms with Gasteiger partial charge in [-0.15, -0.1) is 0 Å². The van der Waals surface area contributed by atoms with E-state index in [4.69, 9.17) is 9.47 Å². The van der Waals surface area contributed by atoms with Crippen molar-refractivity contribution in [2.75, 3.05) is 19.8 Å². The number of urea groups is 1. The Morgan fingerprint density at radius 1 is 1.06 bits per heavy atom. The summed E-state index contributed by atoms with van der Waals surface area (Å²) in [5, 5.41) is 5.89. The number of carbonyl (C=O) groups is 1. The van der Waals surface area contributed by atoms with Gasteiger partial charge in [-0.25, -0.2) is 4.79 Å². The van der Waals surface area contributed by atoms with Crippen LogP contribution in [0.25, 0.3) is 0 Å². The minimum atomic E-state index is -0.145. The number of ether oxygens (including phenoxy) is 2. The normalized spacial score (nSPS) is 22.7. The number of hydrogen-bond acceptors (Lipinski definition) is 3. The van der Waals surface area contributed by atoms with Crippen molar-refractivity contribution in [1.29, 1.82) is 0 Å². The summed E-state index contributed by atoms with van der Waals surface area (Å²) in [5.74, 6) is 0. The zero-order valence-corrected chi connectivity index (χ0v) is 11.0. The minimum absolute atomic E-state index is 0.0577. The van der Waals surface area contributed by atoms with Gasteiger partial charge < -0.3 is 20.1 Å². The van der Waals surface area contributed by atoms with Crippen molar-refractivity contribution in [3.8, 4) is 0 Å². The molecule has 2 rings (SSSR count). The molecule has 104 valence electrons. The first-order valence-corrected chi connectivity index (χ1v) is 7.12. The lowest BCUT2D eigenvalue weighted by Crippen LogP contribution is -2.43. The van der Waals surface area contributed by atoms with E-state index in [0.29, 0.717) is 12.6 Å². The van der Waals surface area contributed by atoms with Gasteiger partial charge >= 0.3 is 6.03 Å². The fourth-order valence-corrected chi connectivity index (χ4v) is 2.49. The fourth-order valence-electron chi connectivity index (χ4n) is 2.49. The van der Waals surface area contributed by atoms with E-state index in [2.05, 4.69) is 10.6 Å². The van der Waals surface area contributed by atoms with E-state index in [-0.39, 0.29) is 12.3 Å². The van der Waals surface area contributed by atoms with Crippen LogP contribution < -0.4 is 10.6 Å². The molecule has 0 atom stereocenters. The Kier molecular flexibility index (Phi) is 5.74.